The van der Waals surface area contributed by atoms with Crippen molar-refractivity contribution in [2.75, 3.05) is 5.48 Å². The molecule has 0 bridgehead atoms. The van der Waals surface area contributed by atoms with E-state index in [1.807, 2.05) is 6.07 Å². The molecule has 1 aromatic carbocycles. The lowest BCUT2D eigenvalue weighted by atomic mass is 10.2. The van der Waals surface area contributed by atoms with Crippen molar-refractivity contribution in [2.45, 2.75) is 0 Å². The number of hydrogen-bond acceptors (Lipinski definition) is 4. The molecule has 14 heavy (non-hydrogen) atoms. The number of amides is 1. The number of benzene rings is 1. The maximum absolute atomic E-state index is 10.5. The van der Waals surface area contributed by atoms with Crippen LogP contribution in [0.3, 0.4) is 0 Å². The van der Waals surface area contributed by atoms with Gasteiger partial charge in [0.15, 0.2) is 0 Å². The predicted molar refractivity (Wildman–Crippen MR) is 50.8 cm³/mol. The van der Waals surface area contributed by atoms with Gasteiger partial charge in [0, 0.05) is 0 Å². The minimum absolute atomic E-state index is 0.531. The van der Waals surface area contributed by atoms with Gasteiger partial charge in [0.05, 0.1) is 17.3 Å². The van der Waals surface area contributed by atoms with Crippen LogP contribution in [0.15, 0.2) is 29.3 Å². The van der Waals surface area contributed by atoms with Crippen LogP contribution < -0.4 is 5.48 Å². The van der Waals surface area contributed by atoms with E-state index in [0.29, 0.717) is 11.3 Å². The number of nitrogens with zero attached hydrogens (tertiary/aromatic N) is 2. The number of carbonyl (C=O) groups excluding carboxylic acids is 1. The number of hydrogen-bond donors (Lipinski definition) is 1. The summed E-state index contributed by atoms with van der Waals surface area (Å²) in [6.45, 7) is 2.99. The van der Waals surface area contributed by atoms with Crippen molar-refractivity contribution < 1.29 is 9.63 Å². The second-order valence-corrected chi connectivity index (χ2v) is 2.32. The van der Waals surface area contributed by atoms with Crippen LogP contribution in [0.25, 0.3) is 0 Å². The molecule has 0 aliphatic carbocycles. The summed E-state index contributed by atoms with van der Waals surface area (Å²) in [5, 5.41) is 8.51. The van der Waals surface area contributed by atoms with E-state index in [1.165, 1.54) is 0 Å². The average Bonchev–Trinajstić information content (AvgIpc) is 2.26. The molecule has 0 aromatic heterocycles. The summed E-state index contributed by atoms with van der Waals surface area (Å²) in [7, 11) is 0. The van der Waals surface area contributed by atoms with Gasteiger partial charge < -0.3 is 4.84 Å². The minimum atomic E-state index is -0.811. The molecule has 0 saturated carbocycles. The van der Waals surface area contributed by atoms with Gasteiger partial charge in [-0.3, -0.25) is 0 Å². The molecule has 70 valence electrons. The fourth-order valence-electron chi connectivity index (χ4n) is 0.748. The molecule has 0 fully saturated rings. The second kappa shape index (κ2) is 4.62. The van der Waals surface area contributed by atoms with E-state index in [9.17, 15) is 4.79 Å². The number of anilines is 1. The highest BCUT2D eigenvalue weighted by Crippen LogP contribution is 2.08. The van der Waals surface area contributed by atoms with E-state index in [4.69, 9.17) is 5.26 Å². The Labute approximate surface area is 80.6 Å². The van der Waals surface area contributed by atoms with Crippen LogP contribution in [0, 0.1) is 11.3 Å². The van der Waals surface area contributed by atoms with Crippen LogP contribution in [0.4, 0.5) is 10.5 Å². The van der Waals surface area contributed by atoms with Crippen molar-refractivity contribution in [1.82, 2.24) is 0 Å². The summed E-state index contributed by atoms with van der Waals surface area (Å²) in [6.07, 6.45) is -0.811. The smallest absolute Gasteiger partial charge is 0.323 e. The number of aliphatic imine (C=N–C) groups is 1. The van der Waals surface area contributed by atoms with Crippen molar-refractivity contribution in [1.29, 1.82) is 5.26 Å². The highest BCUT2D eigenvalue weighted by Gasteiger charge is 1.97. The number of carbonyl (C=O) groups is 1. The van der Waals surface area contributed by atoms with E-state index in [-0.39, 0.29) is 0 Å². The first-order valence-electron chi connectivity index (χ1n) is 3.70. The van der Waals surface area contributed by atoms with Crippen LogP contribution in [0.5, 0.6) is 0 Å². The summed E-state index contributed by atoms with van der Waals surface area (Å²) < 4.78 is 0. The fraction of sp³-hybridized carbons (Fsp3) is 0. The summed E-state index contributed by atoms with van der Waals surface area (Å²) in [5.74, 6) is 0. The monoisotopic (exact) mass is 189 g/mol. The summed E-state index contributed by atoms with van der Waals surface area (Å²) in [6, 6.07) is 8.37. The quantitative estimate of drug-likeness (QED) is 0.567. The SMILES string of the molecule is C=NC(=O)ONc1ccc(C#N)cc1. The molecule has 0 unspecified atom stereocenters. The zero-order valence-electron chi connectivity index (χ0n) is 7.23. The van der Waals surface area contributed by atoms with Crippen molar-refractivity contribution in [3.05, 3.63) is 29.8 Å². The Morgan fingerprint density at radius 1 is 1.50 bits per heavy atom. The number of rotatable bonds is 2. The zero-order chi connectivity index (χ0) is 10.4. The van der Waals surface area contributed by atoms with Gasteiger partial charge in [-0.25, -0.2) is 10.3 Å². The molecule has 0 aliphatic rings. The Balaban J connectivity index is 2.57. The molecule has 1 aromatic rings. The standard InChI is InChI=1S/C9H7N3O2/c1-11-9(13)14-12-8-4-2-7(6-10)3-5-8/h2-5,12H,1H2. The molecule has 1 N–H and O–H groups in total. The molecule has 5 heteroatoms. The van der Waals surface area contributed by atoms with Gasteiger partial charge in [-0.1, -0.05) is 0 Å². The second-order valence-electron chi connectivity index (χ2n) is 2.32. The highest BCUT2D eigenvalue weighted by molar-refractivity contribution is 5.73. The van der Waals surface area contributed by atoms with E-state index >= 15 is 0 Å². The zero-order valence-corrected chi connectivity index (χ0v) is 7.23. The number of nitrogens with one attached hydrogen (secondary N) is 1. The molecular weight excluding hydrogens is 182 g/mol. The maximum Gasteiger partial charge on any atom is 0.457 e. The van der Waals surface area contributed by atoms with Crippen LogP contribution in [-0.4, -0.2) is 12.8 Å². The Bertz CT molecular complexity index is 378. The Hall–Kier alpha value is -2.35. The molecule has 0 atom stereocenters. The average molecular weight is 189 g/mol. The first-order valence-corrected chi connectivity index (χ1v) is 3.70. The third-order valence-corrected chi connectivity index (χ3v) is 1.40. The molecular formula is C9H7N3O2. The van der Waals surface area contributed by atoms with Gasteiger partial charge in [0.1, 0.15) is 0 Å². The first kappa shape index (κ1) is 9.74. The minimum Gasteiger partial charge on any atom is -0.323 e. The van der Waals surface area contributed by atoms with Crippen LogP contribution in [-0.2, 0) is 4.84 Å². The third-order valence-electron chi connectivity index (χ3n) is 1.40. The molecule has 1 rings (SSSR count). The molecule has 1 amide bonds. The van der Waals surface area contributed by atoms with Crippen molar-refractivity contribution in [3.8, 4) is 6.07 Å². The Morgan fingerprint density at radius 2 is 2.14 bits per heavy atom. The molecule has 0 heterocycles. The van der Waals surface area contributed by atoms with Crippen molar-refractivity contribution in [3.63, 3.8) is 0 Å². The van der Waals surface area contributed by atoms with E-state index < -0.39 is 6.09 Å². The molecule has 5 nitrogen and oxygen atoms in total. The van der Waals surface area contributed by atoms with E-state index in [0.717, 1.165) is 0 Å². The Kier molecular flexibility index (Phi) is 3.21. The number of nitriles is 1. The van der Waals surface area contributed by atoms with Gasteiger partial charge in [0.2, 0.25) is 0 Å². The van der Waals surface area contributed by atoms with E-state index in [1.54, 1.807) is 24.3 Å². The van der Waals surface area contributed by atoms with Gasteiger partial charge >= 0.3 is 6.09 Å². The van der Waals surface area contributed by atoms with Gasteiger partial charge in [-0.15, -0.1) is 0 Å². The normalized spacial score (nSPS) is 8.50. The molecule has 0 radical (unpaired) electrons. The lowest BCUT2D eigenvalue weighted by Gasteiger charge is -2.02. The summed E-state index contributed by atoms with van der Waals surface area (Å²) in [5.41, 5.74) is 3.44. The van der Waals surface area contributed by atoms with E-state index in [2.05, 4.69) is 22.0 Å². The molecule has 0 saturated heterocycles. The van der Waals surface area contributed by atoms with Gasteiger partial charge in [-0.2, -0.15) is 10.3 Å². The van der Waals surface area contributed by atoms with Crippen molar-refractivity contribution >= 4 is 18.5 Å². The largest absolute Gasteiger partial charge is 0.457 e. The predicted octanol–water partition coefficient (Wildman–Crippen LogP) is 1.72. The molecule has 0 spiro atoms. The highest BCUT2D eigenvalue weighted by atomic mass is 16.7. The Morgan fingerprint density at radius 3 is 2.64 bits per heavy atom. The maximum atomic E-state index is 10.5. The lowest BCUT2D eigenvalue weighted by molar-refractivity contribution is 0.181. The van der Waals surface area contributed by atoms with Crippen LogP contribution >= 0.6 is 0 Å². The summed E-state index contributed by atoms with van der Waals surface area (Å²) >= 11 is 0. The van der Waals surface area contributed by atoms with Gasteiger partial charge in [0.25, 0.3) is 0 Å². The van der Waals surface area contributed by atoms with Crippen LogP contribution in [0.2, 0.25) is 0 Å². The van der Waals surface area contributed by atoms with Crippen LogP contribution in [0.1, 0.15) is 5.56 Å². The first-order chi connectivity index (χ1) is 6.76. The lowest BCUT2D eigenvalue weighted by Crippen LogP contribution is -2.05. The third kappa shape index (κ3) is 2.60. The topological polar surface area (TPSA) is 74.5 Å². The fourth-order valence-corrected chi connectivity index (χ4v) is 0.748. The molecule has 0 aliphatic heterocycles. The summed E-state index contributed by atoms with van der Waals surface area (Å²) in [4.78, 5) is 18.0. The van der Waals surface area contributed by atoms with Gasteiger partial charge in [-0.05, 0) is 31.0 Å². The van der Waals surface area contributed by atoms with Crippen molar-refractivity contribution in [2.24, 2.45) is 4.99 Å².